The van der Waals surface area contributed by atoms with E-state index in [2.05, 4.69) is 35.1 Å². The second kappa shape index (κ2) is 10.6. The highest BCUT2D eigenvalue weighted by atomic mass is 32.1. The Morgan fingerprint density at radius 1 is 1.06 bits per heavy atom. The standard InChI is InChI=1S/C26H26FN3O2S/c1-3-30(4-2)17-20-16-22-26(33-20)24(12-13-28-22)32-23-11-10-19(15-21(23)27)29-25(31)14-18-8-6-5-7-9-18/h5-13,15-16H,3-4,14,17H2,1-2H3,(H,29,31). The van der Waals surface area contributed by atoms with E-state index < -0.39 is 5.82 Å². The van der Waals surface area contributed by atoms with Crippen LogP contribution in [0.3, 0.4) is 0 Å². The SMILES string of the molecule is CCN(CC)Cc1cc2nccc(Oc3ccc(NC(=O)Cc4ccccc4)cc3F)c2s1. The maximum absolute atomic E-state index is 14.8. The lowest BCUT2D eigenvalue weighted by molar-refractivity contribution is -0.115. The number of carbonyl (C=O) groups excluding carboxylic acids is 1. The summed E-state index contributed by atoms with van der Waals surface area (Å²) in [6.45, 7) is 7.07. The van der Waals surface area contributed by atoms with Crippen LogP contribution in [-0.2, 0) is 17.8 Å². The molecule has 1 amide bonds. The van der Waals surface area contributed by atoms with Crippen molar-refractivity contribution in [3.63, 3.8) is 0 Å². The van der Waals surface area contributed by atoms with Gasteiger partial charge >= 0.3 is 0 Å². The number of aromatic nitrogens is 1. The van der Waals surface area contributed by atoms with Gasteiger partial charge in [0.2, 0.25) is 5.91 Å². The third-order valence-corrected chi connectivity index (χ3v) is 6.47. The van der Waals surface area contributed by atoms with E-state index in [9.17, 15) is 9.18 Å². The molecule has 0 spiro atoms. The third-order valence-electron chi connectivity index (χ3n) is 5.34. The van der Waals surface area contributed by atoms with Gasteiger partial charge in [0.25, 0.3) is 0 Å². The molecule has 1 N–H and O–H groups in total. The molecule has 0 aliphatic heterocycles. The van der Waals surface area contributed by atoms with Crippen LogP contribution < -0.4 is 10.1 Å². The van der Waals surface area contributed by atoms with Gasteiger partial charge in [-0.15, -0.1) is 11.3 Å². The van der Waals surface area contributed by atoms with Gasteiger partial charge < -0.3 is 10.1 Å². The lowest BCUT2D eigenvalue weighted by atomic mass is 10.1. The highest BCUT2D eigenvalue weighted by Crippen LogP contribution is 2.36. The van der Waals surface area contributed by atoms with Crippen LogP contribution in [-0.4, -0.2) is 28.9 Å². The van der Waals surface area contributed by atoms with Crippen LogP contribution >= 0.6 is 11.3 Å². The van der Waals surface area contributed by atoms with E-state index in [-0.39, 0.29) is 18.1 Å². The van der Waals surface area contributed by atoms with Gasteiger partial charge in [-0.25, -0.2) is 4.39 Å². The number of thiophene rings is 1. The van der Waals surface area contributed by atoms with Crippen molar-refractivity contribution >= 4 is 33.1 Å². The summed E-state index contributed by atoms with van der Waals surface area (Å²) in [5.74, 6) is -0.0837. The summed E-state index contributed by atoms with van der Waals surface area (Å²) < 4.78 is 21.6. The fourth-order valence-electron chi connectivity index (χ4n) is 3.56. The minimum absolute atomic E-state index is 0.0993. The summed E-state index contributed by atoms with van der Waals surface area (Å²) in [6, 6.07) is 17.7. The lowest BCUT2D eigenvalue weighted by Crippen LogP contribution is -2.21. The van der Waals surface area contributed by atoms with Gasteiger partial charge in [0.1, 0.15) is 5.75 Å². The van der Waals surface area contributed by atoms with Crippen molar-refractivity contribution in [1.82, 2.24) is 9.88 Å². The number of nitrogens with one attached hydrogen (secondary N) is 1. The molecule has 0 radical (unpaired) electrons. The molecule has 0 aliphatic carbocycles. The zero-order valence-corrected chi connectivity index (χ0v) is 19.5. The van der Waals surface area contributed by atoms with E-state index in [0.29, 0.717) is 11.4 Å². The molecule has 0 atom stereocenters. The molecular weight excluding hydrogens is 437 g/mol. The molecule has 0 aliphatic rings. The van der Waals surface area contributed by atoms with Gasteiger partial charge in [-0.05, 0) is 36.9 Å². The molecule has 2 aromatic carbocycles. The predicted molar refractivity (Wildman–Crippen MR) is 131 cm³/mol. The molecule has 0 saturated heterocycles. The molecule has 4 aromatic rings. The number of anilines is 1. The summed E-state index contributed by atoms with van der Waals surface area (Å²) in [4.78, 5) is 20.2. The number of nitrogens with zero attached hydrogens (tertiary/aromatic N) is 2. The van der Waals surface area contributed by atoms with Gasteiger partial charge in [0.15, 0.2) is 11.6 Å². The molecule has 4 rings (SSSR count). The Balaban J connectivity index is 1.47. The number of halogens is 1. The fourth-order valence-corrected chi connectivity index (χ4v) is 4.66. The normalized spacial score (nSPS) is 11.2. The third kappa shape index (κ3) is 5.74. The minimum atomic E-state index is -0.544. The van der Waals surface area contributed by atoms with Crippen molar-refractivity contribution in [2.24, 2.45) is 0 Å². The van der Waals surface area contributed by atoms with E-state index in [1.54, 1.807) is 29.7 Å². The minimum Gasteiger partial charge on any atom is -0.453 e. The number of hydrogen-bond donors (Lipinski definition) is 1. The van der Waals surface area contributed by atoms with Crippen LogP contribution in [0.1, 0.15) is 24.3 Å². The van der Waals surface area contributed by atoms with Gasteiger partial charge in [0.05, 0.1) is 16.6 Å². The lowest BCUT2D eigenvalue weighted by Gasteiger charge is -2.16. The number of hydrogen-bond acceptors (Lipinski definition) is 5. The molecule has 33 heavy (non-hydrogen) atoms. The van der Waals surface area contributed by atoms with Gasteiger partial charge in [-0.2, -0.15) is 0 Å². The number of amides is 1. The van der Waals surface area contributed by atoms with Crippen LogP contribution in [0.4, 0.5) is 10.1 Å². The Kier molecular flexibility index (Phi) is 7.32. The second-order valence-electron chi connectivity index (χ2n) is 7.66. The summed E-state index contributed by atoms with van der Waals surface area (Å²) in [5.41, 5.74) is 2.12. The number of benzene rings is 2. The Morgan fingerprint density at radius 3 is 2.58 bits per heavy atom. The van der Waals surface area contributed by atoms with Crippen molar-refractivity contribution in [3.05, 3.63) is 83.1 Å². The van der Waals surface area contributed by atoms with E-state index in [1.165, 1.54) is 17.0 Å². The first-order valence-electron chi connectivity index (χ1n) is 11.0. The first-order chi connectivity index (χ1) is 16.1. The number of fused-ring (bicyclic) bond motifs is 1. The van der Waals surface area contributed by atoms with Gasteiger partial charge in [-0.1, -0.05) is 44.2 Å². The summed E-state index contributed by atoms with van der Waals surface area (Å²) in [7, 11) is 0. The maximum atomic E-state index is 14.8. The Morgan fingerprint density at radius 2 is 1.85 bits per heavy atom. The quantitative estimate of drug-likeness (QED) is 0.319. The molecule has 0 saturated carbocycles. The first kappa shape index (κ1) is 22.9. The molecule has 7 heteroatoms. The zero-order chi connectivity index (χ0) is 23.2. The highest BCUT2D eigenvalue weighted by Gasteiger charge is 2.14. The first-order valence-corrected chi connectivity index (χ1v) is 11.8. The van der Waals surface area contributed by atoms with E-state index in [4.69, 9.17) is 4.74 Å². The smallest absolute Gasteiger partial charge is 0.228 e. The number of rotatable bonds is 9. The average Bonchev–Trinajstić information content (AvgIpc) is 3.23. The summed E-state index contributed by atoms with van der Waals surface area (Å²) in [6.07, 6.45) is 1.89. The molecular formula is C26H26FN3O2S. The van der Waals surface area contributed by atoms with Crippen LogP contribution in [0.5, 0.6) is 11.5 Å². The largest absolute Gasteiger partial charge is 0.453 e. The Bertz CT molecular complexity index is 1240. The molecule has 170 valence electrons. The molecule has 5 nitrogen and oxygen atoms in total. The Labute approximate surface area is 196 Å². The van der Waals surface area contributed by atoms with Crippen LogP contribution in [0, 0.1) is 5.82 Å². The molecule has 0 bridgehead atoms. The Hall–Kier alpha value is -3.29. The predicted octanol–water partition coefficient (Wildman–Crippen LogP) is 6.25. The molecule has 0 unspecified atom stereocenters. The van der Waals surface area contributed by atoms with Crippen molar-refractivity contribution in [2.75, 3.05) is 18.4 Å². The fraction of sp³-hybridized carbons (Fsp3) is 0.231. The van der Waals surface area contributed by atoms with Crippen molar-refractivity contribution in [2.45, 2.75) is 26.8 Å². The molecule has 2 heterocycles. The van der Waals surface area contributed by atoms with Crippen LogP contribution in [0.25, 0.3) is 10.2 Å². The van der Waals surface area contributed by atoms with E-state index >= 15 is 0 Å². The topological polar surface area (TPSA) is 54.5 Å². The average molecular weight is 464 g/mol. The van der Waals surface area contributed by atoms with Crippen LogP contribution in [0.2, 0.25) is 0 Å². The number of pyridine rings is 1. The van der Waals surface area contributed by atoms with Crippen molar-refractivity contribution in [1.29, 1.82) is 0 Å². The summed E-state index contributed by atoms with van der Waals surface area (Å²) >= 11 is 1.61. The maximum Gasteiger partial charge on any atom is 0.228 e. The zero-order valence-electron chi connectivity index (χ0n) is 18.7. The molecule has 0 fully saturated rings. The monoisotopic (exact) mass is 463 g/mol. The van der Waals surface area contributed by atoms with Gasteiger partial charge in [0, 0.05) is 35.4 Å². The molecule has 2 aromatic heterocycles. The highest BCUT2D eigenvalue weighted by molar-refractivity contribution is 7.19. The van der Waals surface area contributed by atoms with Crippen molar-refractivity contribution < 1.29 is 13.9 Å². The van der Waals surface area contributed by atoms with Crippen LogP contribution in [0.15, 0.2) is 66.9 Å². The van der Waals surface area contributed by atoms with E-state index in [1.807, 2.05) is 30.3 Å². The number of ether oxygens (including phenoxy) is 1. The summed E-state index contributed by atoms with van der Waals surface area (Å²) in [5, 5.41) is 2.74. The number of carbonyl (C=O) groups is 1. The van der Waals surface area contributed by atoms with Gasteiger partial charge in [-0.3, -0.25) is 14.7 Å². The second-order valence-corrected chi connectivity index (χ2v) is 8.79. The van der Waals surface area contributed by atoms with Crippen molar-refractivity contribution in [3.8, 4) is 11.5 Å². The van der Waals surface area contributed by atoms with E-state index in [0.717, 1.165) is 35.4 Å².